The van der Waals surface area contributed by atoms with Crippen LogP contribution in [0.25, 0.3) is 82.4 Å². The van der Waals surface area contributed by atoms with Crippen molar-refractivity contribution in [3.8, 4) is 39.1 Å². The van der Waals surface area contributed by atoms with Crippen molar-refractivity contribution in [1.29, 1.82) is 0 Å². The Morgan fingerprint density at radius 1 is 0.345 bits per heavy atom. The SMILES string of the molecule is [2H]c1c([2H])c([2H])c(-c2ccc(N(c3ccc(-c4ccccc4)cc3)c3ccc(-c4ccc5c6c7ccccc7c7ccccc7c6n(-c6ccccc6)c5c4)cc3)cc2)c([2H])c1[2H]. The van der Waals surface area contributed by atoms with Crippen LogP contribution in [-0.2, 0) is 0 Å². The van der Waals surface area contributed by atoms with E-state index in [4.69, 9.17) is 6.85 Å². The number of nitrogens with zero attached hydrogens (tertiary/aromatic N) is 2. The Kier molecular flexibility index (Phi) is 6.98. The van der Waals surface area contributed by atoms with Gasteiger partial charge in [0.25, 0.3) is 0 Å². The van der Waals surface area contributed by atoms with Gasteiger partial charge in [0.05, 0.1) is 17.9 Å². The second-order valence-corrected chi connectivity index (χ2v) is 14.6. The van der Waals surface area contributed by atoms with Gasteiger partial charge in [0.2, 0.25) is 0 Å². The number of rotatable bonds is 7. The van der Waals surface area contributed by atoms with Gasteiger partial charge in [-0.25, -0.2) is 0 Å². The van der Waals surface area contributed by atoms with Crippen LogP contribution >= 0.6 is 0 Å². The van der Waals surface area contributed by atoms with Crippen LogP contribution < -0.4 is 4.90 Å². The molecule has 272 valence electrons. The highest BCUT2D eigenvalue weighted by Gasteiger charge is 2.20. The molecule has 0 aliphatic rings. The molecule has 11 aromatic rings. The van der Waals surface area contributed by atoms with Crippen LogP contribution in [0, 0.1) is 0 Å². The fourth-order valence-corrected chi connectivity index (χ4v) is 8.56. The third-order valence-electron chi connectivity index (χ3n) is 11.3. The van der Waals surface area contributed by atoms with Crippen molar-refractivity contribution in [3.63, 3.8) is 0 Å². The minimum atomic E-state index is -0.403. The quantitative estimate of drug-likeness (QED) is 0.148. The first-order valence-corrected chi connectivity index (χ1v) is 19.5. The monoisotopic (exact) mass is 743 g/mol. The van der Waals surface area contributed by atoms with Gasteiger partial charge in [0, 0.05) is 38.9 Å². The van der Waals surface area contributed by atoms with E-state index in [2.05, 4.69) is 167 Å². The zero-order chi connectivity index (χ0) is 42.8. The maximum Gasteiger partial charge on any atom is 0.0629 e. The molecule has 0 aliphatic carbocycles. The molecule has 0 unspecified atom stereocenters. The number of para-hydroxylation sites is 1. The molecule has 2 heteroatoms. The molecule has 0 radical (unpaired) electrons. The number of benzene rings is 10. The van der Waals surface area contributed by atoms with E-state index in [1.165, 1.54) is 37.8 Å². The fraction of sp³-hybridized carbons (Fsp3) is 0. The van der Waals surface area contributed by atoms with Crippen LogP contribution in [0.4, 0.5) is 17.1 Å². The Morgan fingerprint density at radius 3 is 1.40 bits per heavy atom. The summed E-state index contributed by atoms with van der Waals surface area (Å²) in [5.41, 5.74) is 11.4. The Bertz CT molecular complexity index is 3500. The molecule has 0 fully saturated rings. The van der Waals surface area contributed by atoms with Crippen LogP contribution in [-0.4, -0.2) is 4.57 Å². The van der Waals surface area contributed by atoms with Gasteiger partial charge in [-0.2, -0.15) is 0 Å². The average molecular weight is 744 g/mol. The molecule has 1 aromatic heterocycles. The molecule has 11 rings (SSSR count). The van der Waals surface area contributed by atoms with E-state index < -0.39 is 6.04 Å². The van der Waals surface area contributed by atoms with Gasteiger partial charge in [0.1, 0.15) is 0 Å². The molecular formula is C56H38N2. The minimum Gasteiger partial charge on any atom is -0.311 e. The molecule has 0 saturated carbocycles. The maximum atomic E-state index is 8.57. The molecule has 2 nitrogen and oxygen atoms in total. The van der Waals surface area contributed by atoms with Crippen molar-refractivity contribution in [2.24, 2.45) is 0 Å². The summed E-state index contributed by atoms with van der Waals surface area (Å²) in [7, 11) is 0. The summed E-state index contributed by atoms with van der Waals surface area (Å²) in [6.45, 7) is 0. The molecular weight excluding hydrogens is 701 g/mol. The van der Waals surface area contributed by atoms with Gasteiger partial charge in [-0.1, -0.05) is 176 Å². The van der Waals surface area contributed by atoms with E-state index in [0.717, 1.165) is 50.5 Å². The van der Waals surface area contributed by atoms with Crippen molar-refractivity contribution >= 4 is 60.4 Å². The van der Waals surface area contributed by atoms with E-state index in [1.807, 2.05) is 42.5 Å². The van der Waals surface area contributed by atoms with Crippen molar-refractivity contribution < 1.29 is 6.85 Å². The van der Waals surface area contributed by atoms with E-state index >= 15 is 0 Å². The van der Waals surface area contributed by atoms with E-state index in [0.29, 0.717) is 5.56 Å². The van der Waals surface area contributed by atoms with Gasteiger partial charge in [-0.15, -0.1) is 0 Å². The smallest absolute Gasteiger partial charge is 0.0629 e. The summed E-state index contributed by atoms with van der Waals surface area (Å²) < 4.78 is 44.1. The van der Waals surface area contributed by atoms with Gasteiger partial charge in [0.15, 0.2) is 0 Å². The zero-order valence-electron chi connectivity index (χ0n) is 36.4. The molecule has 0 amide bonds. The number of fused-ring (bicyclic) bond motifs is 8. The highest BCUT2D eigenvalue weighted by molar-refractivity contribution is 6.32. The maximum absolute atomic E-state index is 8.57. The van der Waals surface area contributed by atoms with Crippen molar-refractivity contribution in [2.75, 3.05) is 4.90 Å². The number of aromatic nitrogens is 1. The molecule has 0 aliphatic heterocycles. The minimum absolute atomic E-state index is 0.181. The van der Waals surface area contributed by atoms with Gasteiger partial charge in [-0.05, 0) is 104 Å². The molecule has 0 bridgehead atoms. The summed E-state index contributed by atoms with van der Waals surface area (Å²) in [5.74, 6) is 0. The second kappa shape index (κ2) is 14.1. The topological polar surface area (TPSA) is 8.17 Å². The predicted octanol–water partition coefficient (Wildman–Crippen LogP) is 15.6. The Morgan fingerprint density at radius 2 is 0.793 bits per heavy atom. The molecule has 0 saturated heterocycles. The first-order valence-electron chi connectivity index (χ1n) is 22.0. The molecule has 0 N–H and O–H groups in total. The Labute approximate surface area is 345 Å². The predicted molar refractivity (Wildman–Crippen MR) is 247 cm³/mol. The average Bonchev–Trinajstić information content (AvgIpc) is 3.69. The number of anilines is 3. The lowest BCUT2D eigenvalue weighted by Gasteiger charge is -2.26. The third-order valence-corrected chi connectivity index (χ3v) is 11.3. The molecule has 0 spiro atoms. The van der Waals surface area contributed by atoms with Crippen molar-refractivity contribution in [1.82, 2.24) is 4.57 Å². The summed E-state index contributed by atoms with van der Waals surface area (Å²) in [6, 6.07) is 68.3. The fourth-order valence-electron chi connectivity index (χ4n) is 8.56. The summed E-state index contributed by atoms with van der Waals surface area (Å²) >= 11 is 0. The van der Waals surface area contributed by atoms with Crippen LogP contribution in [0.5, 0.6) is 0 Å². The summed E-state index contributed by atoms with van der Waals surface area (Å²) in [5, 5.41) is 7.39. The lowest BCUT2D eigenvalue weighted by molar-refractivity contribution is 1.19. The van der Waals surface area contributed by atoms with Crippen LogP contribution in [0.15, 0.2) is 230 Å². The highest BCUT2D eigenvalue weighted by Crippen LogP contribution is 2.44. The molecule has 58 heavy (non-hydrogen) atoms. The number of hydrogen-bond acceptors (Lipinski definition) is 1. The molecule has 10 aromatic carbocycles. The van der Waals surface area contributed by atoms with Gasteiger partial charge >= 0.3 is 0 Å². The standard InChI is InChI=1S/C56H38N2/c1-4-14-39(15-5-1)41-24-31-46(32-25-41)57(47-33-26-42(27-34-47)40-16-6-2-7-17-40)48-35-28-43(29-36-48)44-30-37-53-54(38-44)58(45-18-8-3-9-19-45)56-52-23-13-11-21-50(52)49-20-10-12-22-51(49)55(53)56/h1-38H/i1D,4D,5D,14D,15D. The van der Waals surface area contributed by atoms with Gasteiger partial charge < -0.3 is 9.47 Å². The lowest BCUT2D eigenvalue weighted by atomic mass is 9.96. The third kappa shape index (κ3) is 5.74. The highest BCUT2D eigenvalue weighted by atomic mass is 15.1. The van der Waals surface area contributed by atoms with Crippen molar-refractivity contribution in [3.05, 3.63) is 230 Å². The zero-order valence-corrected chi connectivity index (χ0v) is 31.4. The first-order chi connectivity index (χ1) is 30.9. The van der Waals surface area contributed by atoms with Crippen LogP contribution in [0.3, 0.4) is 0 Å². The Balaban J connectivity index is 1.04. The molecule has 1 heterocycles. The van der Waals surface area contributed by atoms with Crippen LogP contribution in [0.1, 0.15) is 6.85 Å². The van der Waals surface area contributed by atoms with E-state index in [9.17, 15) is 0 Å². The Hall–Kier alpha value is -7.68. The summed E-state index contributed by atoms with van der Waals surface area (Å²) in [6.07, 6.45) is 0. The van der Waals surface area contributed by atoms with E-state index in [1.54, 1.807) is 0 Å². The summed E-state index contributed by atoms with van der Waals surface area (Å²) in [4.78, 5) is 2.18. The normalized spacial score (nSPS) is 12.7. The second-order valence-electron chi connectivity index (χ2n) is 14.6. The van der Waals surface area contributed by atoms with Crippen molar-refractivity contribution in [2.45, 2.75) is 0 Å². The lowest BCUT2D eigenvalue weighted by Crippen LogP contribution is -2.09. The largest absolute Gasteiger partial charge is 0.311 e. The number of hydrogen-bond donors (Lipinski definition) is 0. The van der Waals surface area contributed by atoms with E-state index in [-0.39, 0.29) is 29.7 Å². The van der Waals surface area contributed by atoms with Crippen LogP contribution in [0.2, 0.25) is 0 Å². The molecule has 0 atom stereocenters. The van der Waals surface area contributed by atoms with Gasteiger partial charge in [-0.3, -0.25) is 0 Å². The first kappa shape index (κ1) is 28.7.